The molecule has 1 atom stereocenters. The Morgan fingerprint density at radius 3 is 2.24 bits per heavy atom. The molecule has 1 aromatic carbocycles. The topological polar surface area (TPSA) is 44.5 Å². The number of halogens is 3. The van der Waals surface area contributed by atoms with E-state index in [-0.39, 0.29) is 6.54 Å². The molecule has 0 heterocycles. The molecule has 96 valence electrons. The second kappa shape index (κ2) is 5.88. The number of hydrogen-bond acceptors (Lipinski definition) is 3. The van der Waals surface area contributed by atoms with Crippen molar-refractivity contribution >= 4 is 0 Å². The summed E-state index contributed by atoms with van der Waals surface area (Å²) in [5, 5.41) is 0. The first-order valence-corrected chi connectivity index (χ1v) is 4.98. The summed E-state index contributed by atoms with van der Waals surface area (Å²) in [6.45, 7) is -1.32. The molecule has 0 saturated heterocycles. The highest BCUT2D eigenvalue weighted by atomic mass is 19.4. The molecule has 0 aliphatic rings. The van der Waals surface area contributed by atoms with Gasteiger partial charge in [0.25, 0.3) is 0 Å². The van der Waals surface area contributed by atoms with Crippen molar-refractivity contribution < 1.29 is 22.6 Å². The first-order valence-electron chi connectivity index (χ1n) is 4.98. The fraction of sp³-hybridized carbons (Fsp3) is 0.455. The van der Waals surface area contributed by atoms with Crippen LogP contribution in [0.3, 0.4) is 0 Å². The van der Waals surface area contributed by atoms with Gasteiger partial charge in [0.05, 0.1) is 13.2 Å². The van der Waals surface area contributed by atoms with E-state index in [4.69, 9.17) is 15.2 Å². The molecule has 0 saturated carbocycles. The molecule has 1 aromatic rings. The summed E-state index contributed by atoms with van der Waals surface area (Å²) in [5.74, 6) is 0.625. The van der Waals surface area contributed by atoms with Crippen LogP contribution in [0.1, 0.15) is 11.7 Å². The molecular weight excluding hydrogens is 235 g/mol. The van der Waals surface area contributed by atoms with Crippen molar-refractivity contribution in [2.75, 3.05) is 20.3 Å². The van der Waals surface area contributed by atoms with E-state index in [1.165, 1.54) is 7.11 Å². The van der Waals surface area contributed by atoms with Crippen LogP contribution < -0.4 is 10.5 Å². The van der Waals surface area contributed by atoms with Crippen LogP contribution in [0.15, 0.2) is 24.3 Å². The molecule has 0 aromatic heterocycles. The molecule has 17 heavy (non-hydrogen) atoms. The predicted octanol–water partition coefficient (Wildman–Crippen LogP) is 2.27. The predicted molar refractivity (Wildman–Crippen MR) is 56.8 cm³/mol. The van der Waals surface area contributed by atoms with Crippen molar-refractivity contribution in [1.29, 1.82) is 0 Å². The minimum absolute atomic E-state index is 0.0115. The molecule has 0 aliphatic carbocycles. The lowest BCUT2D eigenvalue weighted by Gasteiger charge is -2.17. The zero-order valence-corrected chi connectivity index (χ0v) is 9.33. The number of hydrogen-bond donors (Lipinski definition) is 1. The van der Waals surface area contributed by atoms with Crippen molar-refractivity contribution in [3.8, 4) is 5.75 Å². The maximum absolute atomic E-state index is 12.0. The second-order valence-electron chi connectivity index (χ2n) is 3.42. The Labute approximate surface area is 97.3 Å². The Balaban J connectivity index is 2.66. The maximum atomic E-state index is 12.0. The SMILES string of the molecule is COc1ccc(C(CN)OCC(F)(F)F)cc1. The van der Waals surface area contributed by atoms with Crippen LogP contribution in [0.5, 0.6) is 5.75 Å². The van der Waals surface area contributed by atoms with Gasteiger partial charge in [-0.25, -0.2) is 0 Å². The minimum Gasteiger partial charge on any atom is -0.497 e. The Morgan fingerprint density at radius 2 is 1.82 bits per heavy atom. The molecule has 1 rings (SSSR count). The minimum atomic E-state index is -4.35. The third kappa shape index (κ3) is 4.62. The molecule has 0 radical (unpaired) electrons. The Morgan fingerprint density at radius 1 is 1.24 bits per heavy atom. The van der Waals surface area contributed by atoms with Crippen LogP contribution in [0.2, 0.25) is 0 Å². The van der Waals surface area contributed by atoms with E-state index in [9.17, 15) is 13.2 Å². The largest absolute Gasteiger partial charge is 0.497 e. The number of benzene rings is 1. The van der Waals surface area contributed by atoms with E-state index >= 15 is 0 Å². The molecule has 0 aliphatic heterocycles. The van der Waals surface area contributed by atoms with Gasteiger partial charge in [0, 0.05) is 6.54 Å². The number of methoxy groups -OCH3 is 1. The summed E-state index contributed by atoms with van der Waals surface area (Å²) in [5.41, 5.74) is 5.98. The summed E-state index contributed by atoms with van der Waals surface area (Å²) in [4.78, 5) is 0. The molecule has 3 nitrogen and oxygen atoms in total. The van der Waals surface area contributed by atoms with Gasteiger partial charge in [-0.15, -0.1) is 0 Å². The Kier molecular flexibility index (Phi) is 4.77. The molecule has 1 unspecified atom stereocenters. The average Bonchev–Trinajstić information content (AvgIpc) is 2.29. The maximum Gasteiger partial charge on any atom is 0.411 e. The lowest BCUT2D eigenvalue weighted by atomic mass is 10.1. The lowest BCUT2D eigenvalue weighted by Crippen LogP contribution is -2.23. The second-order valence-corrected chi connectivity index (χ2v) is 3.42. The van der Waals surface area contributed by atoms with Crippen molar-refractivity contribution in [3.63, 3.8) is 0 Å². The van der Waals surface area contributed by atoms with Gasteiger partial charge in [0.1, 0.15) is 12.4 Å². The highest BCUT2D eigenvalue weighted by Gasteiger charge is 2.29. The third-order valence-corrected chi connectivity index (χ3v) is 2.15. The highest BCUT2D eigenvalue weighted by molar-refractivity contribution is 5.28. The summed E-state index contributed by atoms with van der Waals surface area (Å²) >= 11 is 0. The number of ether oxygens (including phenoxy) is 2. The number of alkyl halides is 3. The Bertz CT molecular complexity index is 338. The first kappa shape index (κ1) is 13.8. The normalized spacial score (nSPS) is 13.5. The van der Waals surface area contributed by atoms with Crippen molar-refractivity contribution in [3.05, 3.63) is 29.8 Å². The van der Waals surface area contributed by atoms with Gasteiger partial charge in [-0.2, -0.15) is 13.2 Å². The van der Waals surface area contributed by atoms with E-state index in [1.54, 1.807) is 24.3 Å². The van der Waals surface area contributed by atoms with Gasteiger partial charge in [0.2, 0.25) is 0 Å². The molecule has 0 spiro atoms. The van der Waals surface area contributed by atoms with Gasteiger partial charge in [-0.05, 0) is 17.7 Å². The van der Waals surface area contributed by atoms with Gasteiger partial charge >= 0.3 is 6.18 Å². The zero-order valence-electron chi connectivity index (χ0n) is 9.33. The van der Waals surface area contributed by atoms with Crippen LogP contribution in [0.4, 0.5) is 13.2 Å². The summed E-state index contributed by atoms with van der Waals surface area (Å²) in [6.07, 6.45) is -5.11. The summed E-state index contributed by atoms with van der Waals surface area (Å²) < 4.78 is 45.7. The average molecular weight is 249 g/mol. The van der Waals surface area contributed by atoms with Gasteiger partial charge in [-0.1, -0.05) is 12.1 Å². The van der Waals surface area contributed by atoms with Gasteiger partial charge in [-0.3, -0.25) is 0 Å². The van der Waals surface area contributed by atoms with E-state index in [1.807, 2.05) is 0 Å². The molecular formula is C11H14F3NO2. The fourth-order valence-corrected chi connectivity index (χ4v) is 1.31. The first-order chi connectivity index (χ1) is 7.96. The number of nitrogens with two attached hydrogens (primary N) is 1. The summed E-state index contributed by atoms with van der Waals surface area (Å²) in [7, 11) is 1.51. The fourth-order valence-electron chi connectivity index (χ4n) is 1.31. The van der Waals surface area contributed by atoms with Crippen molar-refractivity contribution in [2.45, 2.75) is 12.3 Å². The standard InChI is InChI=1S/C11H14F3NO2/c1-16-9-4-2-8(3-5-9)10(6-15)17-7-11(12,13)14/h2-5,10H,6-7,15H2,1H3. The highest BCUT2D eigenvalue weighted by Crippen LogP contribution is 2.23. The smallest absolute Gasteiger partial charge is 0.411 e. The summed E-state index contributed by atoms with van der Waals surface area (Å²) in [6, 6.07) is 6.56. The lowest BCUT2D eigenvalue weighted by molar-refractivity contribution is -0.185. The molecule has 2 N–H and O–H groups in total. The Hall–Kier alpha value is -1.27. The van der Waals surface area contributed by atoms with Crippen LogP contribution in [-0.4, -0.2) is 26.4 Å². The van der Waals surface area contributed by atoms with Crippen LogP contribution in [0, 0.1) is 0 Å². The van der Waals surface area contributed by atoms with Crippen LogP contribution >= 0.6 is 0 Å². The number of rotatable bonds is 5. The van der Waals surface area contributed by atoms with Gasteiger partial charge in [0.15, 0.2) is 0 Å². The van der Waals surface area contributed by atoms with E-state index in [2.05, 4.69) is 0 Å². The quantitative estimate of drug-likeness (QED) is 0.870. The van der Waals surface area contributed by atoms with E-state index < -0.39 is 18.9 Å². The monoisotopic (exact) mass is 249 g/mol. The van der Waals surface area contributed by atoms with Crippen molar-refractivity contribution in [2.24, 2.45) is 5.73 Å². The molecule has 0 bridgehead atoms. The van der Waals surface area contributed by atoms with Crippen LogP contribution in [-0.2, 0) is 4.74 Å². The third-order valence-electron chi connectivity index (χ3n) is 2.15. The molecule has 0 fully saturated rings. The van der Waals surface area contributed by atoms with Gasteiger partial charge < -0.3 is 15.2 Å². The van der Waals surface area contributed by atoms with E-state index in [0.29, 0.717) is 11.3 Å². The van der Waals surface area contributed by atoms with Crippen molar-refractivity contribution in [1.82, 2.24) is 0 Å². The van der Waals surface area contributed by atoms with Crippen LogP contribution in [0.25, 0.3) is 0 Å². The molecule has 0 amide bonds. The zero-order chi connectivity index (χ0) is 12.9. The van der Waals surface area contributed by atoms with E-state index in [0.717, 1.165) is 0 Å². The molecule has 6 heteroatoms.